The number of hydrogen-bond acceptors (Lipinski definition) is 6. The van der Waals surface area contributed by atoms with Crippen LogP contribution in [-0.2, 0) is 28.6 Å². The first kappa shape index (κ1) is 71.3. The maximum absolute atomic E-state index is 12.9. The molecule has 0 aliphatic carbocycles. The molecule has 1 unspecified atom stereocenters. The molecule has 0 amide bonds. The first-order valence-corrected chi connectivity index (χ1v) is 31.7. The van der Waals surface area contributed by atoms with Crippen molar-refractivity contribution in [2.45, 2.75) is 309 Å². The summed E-state index contributed by atoms with van der Waals surface area (Å²) in [6, 6.07) is 0. The lowest BCUT2D eigenvalue weighted by molar-refractivity contribution is -0.167. The van der Waals surface area contributed by atoms with Crippen LogP contribution in [0.2, 0.25) is 0 Å². The summed E-state index contributed by atoms with van der Waals surface area (Å²) in [4.78, 5) is 38.2. The summed E-state index contributed by atoms with van der Waals surface area (Å²) < 4.78 is 16.9. The number of allylic oxidation sites excluding steroid dienone is 16. The molecule has 0 aliphatic heterocycles. The molecule has 0 aromatic rings. The lowest BCUT2D eigenvalue weighted by Gasteiger charge is -2.18. The number of esters is 3. The lowest BCUT2D eigenvalue weighted by atomic mass is 10.0. The van der Waals surface area contributed by atoms with Gasteiger partial charge < -0.3 is 14.2 Å². The van der Waals surface area contributed by atoms with Gasteiger partial charge in [0.25, 0.3) is 0 Å². The van der Waals surface area contributed by atoms with Crippen molar-refractivity contribution < 1.29 is 28.6 Å². The van der Waals surface area contributed by atoms with E-state index in [0.717, 1.165) is 122 Å². The molecule has 0 aromatic heterocycles. The Bertz CT molecular complexity index is 1480. The molecule has 6 heteroatoms. The fraction of sp³-hybridized carbons (Fsp3) is 0.725. The number of hydrogen-bond donors (Lipinski definition) is 0. The lowest BCUT2D eigenvalue weighted by Crippen LogP contribution is -2.30. The molecule has 0 saturated carbocycles. The van der Waals surface area contributed by atoms with Gasteiger partial charge in [0.2, 0.25) is 0 Å². The topological polar surface area (TPSA) is 78.9 Å². The highest BCUT2D eigenvalue weighted by molar-refractivity contribution is 5.71. The number of rotatable bonds is 57. The summed E-state index contributed by atoms with van der Waals surface area (Å²) in [6.45, 7) is 6.49. The highest BCUT2D eigenvalue weighted by atomic mass is 16.6. The normalized spacial score (nSPS) is 12.7. The van der Waals surface area contributed by atoms with Crippen LogP contribution in [0.25, 0.3) is 0 Å². The molecular weight excluding hydrogens is 925 g/mol. The molecule has 0 aromatic carbocycles. The highest BCUT2D eigenvalue weighted by Gasteiger charge is 2.19. The molecule has 430 valence electrons. The van der Waals surface area contributed by atoms with E-state index in [2.05, 4.69) is 118 Å². The highest BCUT2D eigenvalue weighted by Crippen LogP contribution is 2.16. The van der Waals surface area contributed by atoms with Crippen LogP contribution in [0.5, 0.6) is 0 Å². The van der Waals surface area contributed by atoms with Gasteiger partial charge in [0.1, 0.15) is 13.2 Å². The Balaban J connectivity index is 4.20. The van der Waals surface area contributed by atoms with Crippen LogP contribution in [0.15, 0.2) is 97.2 Å². The van der Waals surface area contributed by atoms with Gasteiger partial charge in [0, 0.05) is 19.3 Å². The second-order valence-electron chi connectivity index (χ2n) is 20.9. The largest absolute Gasteiger partial charge is 0.462 e. The number of carbonyl (C=O) groups is 3. The molecule has 0 fully saturated rings. The van der Waals surface area contributed by atoms with E-state index in [0.29, 0.717) is 19.3 Å². The molecule has 6 nitrogen and oxygen atoms in total. The monoisotopic (exact) mass is 1040 g/mol. The minimum atomic E-state index is -0.783. The Hall–Kier alpha value is -3.67. The molecule has 0 rings (SSSR count). The molecule has 0 saturated heterocycles. The molecule has 0 heterocycles. The number of ether oxygens (including phenoxy) is 3. The van der Waals surface area contributed by atoms with Gasteiger partial charge in [-0.15, -0.1) is 0 Å². The zero-order valence-electron chi connectivity index (χ0n) is 49.3. The number of carbonyl (C=O) groups excluding carboxylic acids is 3. The Labute approximate surface area is 464 Å². The van der Waals surface area contributed by atoms with Gasteiger partial charge in [-0.3, -0.25) is 14.4 Å². The van der Waals surface area contributed by atoms with Crippen molar-refractivity contribution in [3.05, 3.63) is 97.2 Å². The predicted octanol–water partition coefficient (Wildman–Crippen LogP) is 21.7. The molecule has 1 atom stereocenters. The van der Waals surface area contributed by atoms with Gasteiger partial charge in [-0.25, -0.2) is 0 Å². The van der Waals surface area contributed by atoms with Gasteiger partial charge >= 0.3 is 17.9 Å². The SMILES string of the molecule is CC/C=C\C/C=C\C/C=C\C/C=C\C/C=C\C/C=C\CCCCCCCCCCCCCCC(=O)OCC(COC(=O)CCCCCCCCCCCCCC)OC(=O)CCCCCCC/C=C\C/C=C\CCCC. The quantitative estimate of drug-likeness (QED) is 0.0261. The molecule has 0 N–H and O–H groups in total. The van der Waals surface area contributed by atoms with Crippen molar-refractivity contribution in [1.29, 1.82) is 0 Å². The van der Waals surface area contributed by atoms with Gasteiger partial charge in [0.15, 0.2) is 6.10 Å². The van der Waals surface area contributed by atoms with E-state index in [1.807, 2.05) is 0 Å². The molecule has 0 bridgehead atoms. The van der Waals surface area contributed by atoms with Crippen molar-refractivity contribution in [1.82, 2.24) is 0 Å². The van der Waals surface area contributed by atoms with Crippen molar-refractivity contribution >= 4 is 17.9 Å². The predicted molar refractivity (Wildman–Crippen MR) is 325 cm³/mol. The summed E-state index contributed by atoms with van der Waals surface area (Å²) in [7, 11) is 0. The van der Waals surface area contributed by atoms with Gasteiger partial charge in [0.05, 0.1) is 0 Å². The molecule has 0 aliphatic rings. The fourth-order valence-electron chi connectivity index (χ4n) is 8.82. The standard InChI is InChI=1S/C69H118O6/c1-4-7-10-13-16-19-22-25-27-28-29-30-31-32-33-34-35-36-37-38-39-40-41-42-43-45-47-50-53-56-59-62-68(71)74-65-66(64-73-67(70)61-58-55-52-49-46-24-21-18-15-12-9-6-3)75-69(72)63-60-57-54-51-48-44-26-23-20-17-14-11-8-5-2/h7,10,14,16-17,19,23,25-27,29-30,32-33,35-36,66H,4-6,8-9,11-13,15,18,20-22,24,28,31,34,37-65H2,1-3H3/b10-7-,17-14-,19-16-,26-23-,27-25-,30-29-,33-32-,36-35-. The average Bonchev–Trinajstić information content (AvgIpc) is 3.41. The third-order valence-electron chi connectivity index (χ3n) is 13.6. The Morgan fingerprint density at radius 2 is 0.533 bits per heavy atom. The maximum Gasteiger partial charge on any atom is 0.306 e. The van der Waals surface area contributed by atoms with E-state index in [4.69, 9.17) is 14.2 Å². The third-order valence-corrected chi connectivity index (χ3v) is 13.6. The molecule has 0 spiro atoms. The summed E-state index contributed by atoms with van der Waals surface area (Å²) in [5, 5.41) is 0. The fourth-order valence-corrected chi connectivity index (χ4v) is 8.82. The first-order valence-electron chi connectivity index (χ1n) is 31.7. The van der Waals surface area contributed by atoms with E-state index in [1.165, 1.54) is 141 Å². The van der Waals surface area contributed by atoms with E-state index < -0.39 is 6.10 Å². The third kappa shape index (κ3) is 61.1. The van der Waals surface area contributed by atoms with E-state index in [-0.39, 0.29) is 31.1 Å². The minimum Gasteiger partial charge on any atom is -0.462 e. The van der Waals surface area contributed by atoms with Crippen LogP contribution in [0.1, 0.15) is 303 Å². The summed E-state index contributed by atoms with van der Waals surface area (Å²) in [5.74, 6) is -0.888. The van der Waals surface area contributed by atoms with E-state index in [9.17, 15) is 14.4 Å². The summed E-state index contributed by atoms with van der Waals surface area (Å²) in [6.07, 6.45) is 84.2. The summed E-state index contributed by atoms with van der Waals surface area (Å²) in [5.41, 5.74) is 0. The molecule has 0 radical (unpaired) electrons. The van der Waals surface area contributed by atoms with Crippen LogP contribution in [0.4, 0.5) is 0 Å². The average molecular weight is 1040 g/mol. The Morgan fingerprint density at radius 3 is 0.853 bits per heavy atom. The number of unbranched alkanes of at least 4 members (excludes halogenated alkanes) is 30. The maximum atomic E-state index is 12.9. The van der Waals surface area contributed by atoms with Crippen LogP contribution < -0.4 is 0 Å². The van der Waals surface area contributed by atoms with Gasteiger partial charge in [-0.05, 0) is 96.3 Å². The second kappa shape index (κ2) is 62.9. The smallest absolute Gasteiger partial charge is 0.306 e. The zero-order chi connectivity index (χ0) is 54.3. The van der Waals surface area contributed by atoms with Crippen molar-refractivity contribution in [3.8, 4) is 0 Å². The van der Waals surface area contributed by atoms with Crippen molar-refractivity contribution in [2.24, 2.45) is 0 Å². The van der Waals surface area contributed by atoms with Crippen LogP contribution in [-0.4, -0.2) is 37.2 Å². The van der Waals surface area contributed by atoms with Crippen LogP contribution in [0.3, 0.4) is 0 Å². The van der Waals surface area contributed by atoms with E-state index >= 15 is 0 Å². The Kier molecular flexibility index (Phi) is 59.8. The summed E-state index contributed by atoms with van der Waals surface area (Å²) >= 11 is 0. The van der Waals surface area contributed by atoms with Crippen LogP contribution >= 0.6 is 0 Å². The molecular formula is C69H118O6. The van der Waals surface area contributed by atoms with Crippen molar-refractivity contribution in [3.63, 3.8) is 0 Å². The molecule has 75 heavy (non-hydrogen) atoms. The van der Waals surface area contributed by atoms with Crippen molar-refractivity contribution in [2.75, 3.05) is 13.2 Å². The van der Waals surface area contributed by atoms with E-state index in [1.54, 1.807) is 0 Å². The first-order chi connectivity index (χ1) is 37.0. The Morgan fingerprint density at radius 1 is 0.280 bits per heavy atom. The zero-order valence-corrected chi connectivity index (χ0v) is 49.3. The minimum absolute atomic E-state index is 0.0801. The second-order valence-corrected chi connectivity index (χ2v) is 20.9. The van der Waals surface area contributed by atoms with Crippen LogP contribution in [0, 0.1) is 0 Å². The van der Waals surface area contributed by atoms with Gasteiger partial charge in [-0.2, -0.15) is 0 Å². The van der Waals surface area contributed by atoms with Gasteiger partial charge in [-0.1, -0.05) is 285 Å².